The third-order valence-electron chi connectivity index (χ3n) is 3.98. The van der Waals surface area contributed by atoms with Crippen LogP contribution in [0.2, 0.25) is 5.02 Å². The van der Waals surface area contributed by atoms with Crippen molar-refractivity contribution in [3.05, 3.63) is 53.2 Å². The van der Waals surface area contributed by atoms with Crippen LogP contribution in [0.5, 0.6) is 0 Å². The second-order valence-corrected chi connectivity index (χ2v) is 6.12. The molecular weight excluding hydrogens is 328 g/mol. The molecule has 0 radical (unpaired) electrons. The number of carboxylic acids is 1. The van der Waals surface area contributed by atoms with Crippen molar-refractivity contribution in [2.75, 3.05) is 0 Å². The summed E-state index contributed by atoms with van der Waals surface area (Å²) in [5.41, 5.74) is 3.70. The minimum absolute atomic E-state index is 0.157. The zero-order chi connectivity index (χ0) is 16.8. The number of aromatic nitrogens is 2. The van der Waals surface area contributed by atoms with Crippen LogP contribution in [-0.2, 0) is 18.3 Å². The van der Waals surface area contributed by atoms with E-state index in [1.807, 2.05) is 36.0 Å². The number of carbonyl (C=O) groups is 1. The minimum Gasteiger partial charge on any atom is -0.550 e. The van der Waals surface area contributed by atoms with Crippen LogP contribution in [0.4, 0.5) is 0 Å². The number of aryl methyl sites for hydroxylation is 1. The quantitative estimate of drug-likeness (QED) is 0.575. The lowest BCUT2D eigenvalue weighted by Gasteiger charge is -2.00. The molecule has 0 saturated carbocycles. The van der Waals surface area contributed by atoms with E-state index in [-0.39, 0.29) is 6.42 Å². The van der Waals surface area contributed by atoms with Gasteiger partial charge in [0.2, 0.25) is 5.89 Å². The number of aliphatic carboxylic acids is 1. The molecule has 5 nitrogen and oxygen atoms in total. The summed E-state index contributed by atoms with van der Waals surface area (Å²) >= 11 is 6.11. The predicted octanol–water partition coefficient (Wildman–Crippen LogP) is 2.93. The smallest absolute Gasteiger partial charge is 0.229 e. The van der Waals surface area contributed by atoms with Gasteiger partial charge in [-0.15, -0.1) is 0 Å². The van der Waals surface area contributed by atoms with Crippen LogP contribution in [-0.4, -0.2) is 15.5 Å². The molecule has 2 aromatic carbocycles. The van der Waals surface area contributed by atoms with Gasteiger partial charge in [-0.1, -0.05) is 17.7 Å². The lowest BCUT2D eigenvalue weighted by molar-refractivity contribution is -0.304. The van der Waals surface area contributed by atoms with Gasteiger partial charge in [0.25, 0.3) is 0 Å². The van der Waals surface area contributed by atoms with Crippen LogP contribution in [0.25, 0.3) is 33.5 Å². The number of oxazole rings is 1. The van der Waals surface area contributed by atoms with Crippen molar-refractivity contribution >= 4 is 39.6 Å². The molecule has 0 unspecified atom stereocenters. The zero-order valence-electron chi connectivity index (χ0n) is 12.7. The molecule has 4 rings (SSSR count). The monoisotopic (exact) mass is 339 g/mol. The highest BCUT2D eigenvalue weighted by molar-refractivity contribution is 6.31. The van der Waals surface area contributed by atoms with Gasteiger partial charge in [-0.2, -0.15) is 0 Å². The van der Waals surface area contributed by atoms with E-state index in [4.69, 9.17) is 16.0 Å². The molecule has 4 aromatic rings. The maximum atomic E-state index is 10.7. The molecule has 2 heterocycles. The Morgan fingerprint density at radius 1 is 1.29 bits per heavy atom. The molecule has 0 bridgehead atoms. The number of rotatable bonds is 3. The van der Waals surface area contributed by atoms with E-state index in [0.717, 1.165) is 16.5 Å². The standard InChI is InChI=1S/C18H13ClN2O3/c1-21-9-13(12-8-11(19)3-5-15(12)21)18-20-14-4-2-10(7-17(22)23)6-16(14)24-18/h2-6,8-9H,7H2,1H3,(H,22,23)/p-1. The van der Waals surface area contributed by atoms with Gasteiger partial charge < -0.3 is 18.9 Å². The number of benzene rings is 2. The van der Waals surface area contributed by atoms with Gasteiger partial charge in [0.15, 0.2) is 5.58 Å². The van der Waals surface area contributed by atoms with E-state index in [1.54, 1.807) is 18.2 Å². The fraction of sp³-hybridized carbons (Fsp3) is 0.111. The molecule has 24 heavy (non-hydrogen) atoms. The van der Waals surface area contributed by atoms with Gasteiger partial charge in [-0.3, -0.25) is 0 Å². The Hall–Kier alpha value is -2.79. The molecule has 0 saturated heterocycles. The maximum Gasteiger partial charge on any atom is 0.229 e. The summed E-state index contributed by atoms with van der Waals surface area (Å²) in [5, 5.41) is 12.3. The average molecular weight is 340 g/mol. The van der Waals surface area contributed by atoms with Crippen molar-refractivity contribution in [3.63, 3.8) is 0 Å². The van der Waals surface area contributed by atoms with Crippen molar-refractivity contribution < 1.29 is 14.3 Å². The van der Waals surface area contributed by atoms with Crippen molar-refractivity contribution in [2.24, 2.45) is 7.05 Å². The Bertz CT molecular complexity index is 1090. The number of halogens is 1. The third kappa shape index (κ3) is 2.43. The van der Waals surface area contributed by atoms with E-state index >= 15 is 0 Å². The van der Waals surface area contributed by atoms with Gasteiger partial charge in [0.1, 0.15) is 5.52 Å². The van der Waals surface area contributed by atoms with Gasteiger partial charge in [0, 0.05) is 41.6 Å². The molecular formula is C18H12ClN2O3-. The molecule has 0 aliphatic heterocycles. The summed E-state index contributed by atoms with van der Waals surface area (Å²) in [5.74, 6) is -0.652. The van der Waals surface area contributed by atoms with E-state index in [0.29, 0.717) is 27.6 Å². The topological polar surface area (TPSA) is 71.1 Å². The molecule has 2 aromatic heterocycles. The second kappa shape index (κ2) is 5.39. The maximum absolute atomic E-state index is 10.7. The number of nitrogens with zero attached hydrogens (tertiary/aromatic N) is 2. The number of fused-ring (bicyclic) bond motifs is 2. The first-order chi connectivity index (χ1) is 11.5. The van der Waals surface area contributed by atoms with Crippen LogP contribution >= 0.6 is 11.6 Å². The first-order valence-corrected chi connectivity index (χ1v) is 7.73. The zero-order valence-corrected chi connectivity index (χ0v) is 13.5. The number of hydrogen-bond acceptors (Lipinski definition) is 4. The Balaban J connectivity index is 1.87. The van der Waals surface area contributed by atoms with Crippen molar-refractivity contribution in [1.29, 1.82) is 0 Å². The lowest BCUT2D eigenvalue weighted by atomic mass is 10.1. The summed E-state index contributed by atoms with van der Waals surface area (Å²) in [4.78, 5) is 15.3. The van der Waals surface area contributed by atoms with Crippen molar-refractivity contribution in [3.8, 4) is 11.5 Å². The minimum atomic E-state index is -1.13. The summed E-state index contributed by atoms with van der Waals surface area (Å²) in [7, 11) is 1.94. The highest BCUT2D eigenvalue weighted by Gasteiger charge is 2.15. The first kappa shape index (κ1) is 14.8. The Morgan fingerprint density at radius 2 is 2.12 bits per heavy atom. The van der Waals surface area contributed by atoms with E-state index in [9.17, 15) is 9.90 Å². The first-order valence-electron chi connectivity index (χ1n) is 7.35. The number of carbonyl (C=O) groups excluding carboxylic acids is 1. The summed E-state index contributed by atoms with van der Waals surface area (Å²) < 4.78 is 7.84. The Kier molecular flexibility index (Phi) is 3.32. The van der Waals surface area contributed by atoms with E-state index in [2.05, 4.69) is 4.98 Å². The normalized spacial score (nSPS) is 11.4. The van der Waals surface area contributed by atoms with E-state index < -0.39 is 5.97 Å². The second-order valence-electron chi connectivity index (χ2n) is 5.69. The number of carboxylic acid groups (broad SMARTS) is 1. The molecule has 0 aliphatic rings. The molecule has 0 atom stereocenters. The van der Waals surface area contributed by atoms with Crippen LogP contribution < -0.4 is 5.11 Å². The number of hydrogen-bond donors (Lipinski definition) is 0. The Morgan fingerprint density at radius 3 is 2.92 bits per heavy atom. The molecule has 0 spiro atoms. The molecule has 0 fully saturated rings. The third-order valence-corrected chi connectivity index (χ3v) is 4.22. The molecule has 6 heteroatoms. The van der Waals surface area contributed by atoms with Crippen LogP contribution in [0, 0.1) is 0 Å². The Labute approximate surface area is 142 Å². The fourth-order valence-corrected chi connectivity index (χ4v) is 3.07. The molecule has 0 amide bonds. The van der Waals surface area contributed by atoms with Gasteiger partial charge in [0.05, 0.1) is 5.56 Å². The van der Waals surface area contributed by atoms with Crippen LogP contribution in [0.15, 0.2) is 47.0 Å². The van der Waals surface area contributed by atoms with Crippen molar-refractivity contribution in [2.45, 2.75) is 6.42 Å². The largest absolute Gasteiger partial charge is 0.550 e. The lowest BCUT2D eigenvalue weighted by Crippen LogP contribution is -2.24. The van der Waals surface area contributed by atoms with Gasteiger partial charge >= 0.3 is 0 Å². The van der Waals surface area contributed by atoms with Gasteiger partial charge in [-0.05, 0) is 35.9 Å². The van der Waals surface area contributed by atoms with Crippen LogP contribution in [0.1, 0.15) is 5.56 Å². The predicted molar refractivity (Wildman–Crippen MR) is 89.6 cm³/mol. The summed E-state index contributed by atoms with van der Waals surface area (Å²) in [6.45, 7) is 0. The molecule has 0 N–H and O–H groups in total. The highest BCUT2D eigenvalue weighted by Crippen LogP contribution is 2.33. The molecule has 0 aliphatic carbocycles. The summed E-state index contributed by atoms with van der Waals surface area (Å²) in [6.07, 6.45) is 1.78. The average Bonchev–Trinajstić information content (AvgIpc) is 3.07. The SMILES string of the molecule is Cn1cc(-c2nc3ccc(CC(=O)[O-])cc3o2)c2cc(Cl)ccc21. The highest BCUT2D eigenvalue weighted by atomic mass is 35.5. The fourth-order valence-electron chi connectivity index (χ4n) is 2.90. The van der Waals surface area contributed by atoms with Gasteiger partial charge in [-0.25, -0.2) is 4.98 Å². The van der Waals surface area contributed by atoms with Crippen molar-refractivity contribution in [1.82, 2.24) is 9.55 Å². The van der Waals surface area contributed by atoms with Crippen LogP contribution in [0.3, 0.4) is 0 Å². The summed E-state index contributed by atoms with van der Waals surface area (Å²) in [6, 6.07) is 10.8. The van der Waals surface area contributed by atoms with E-state index in [1.165, 1.54) is 0 Å². The molecule has 120 valence electrons.